The highest BCUT2D eigenvalue weighted by atomic mass is 35.5. The van der Waals surface area contributed by atoms with Crippen molar-refractivity contribution in [1.29, 1.82) is 0 Å². The highest BCUT2D eigenvalue weighted by Gasteiger charge is 2.32. The van der Waals surface area contributed by atoms with Crippen LogP contribution in [0.1, 0.15) is 43.9 Å². The molecule has 3 aromatic rings. The van der Waals surface area contributed by atoms with Gasteiger partial charge in [-0.3, -0.25) is 9.59 Å². The van der Waals surface area contributed by atoms with E-state index < -0.39 is 11.6 Å². The van der Waals surface area contributed by atoms with E-state index in [2.05, 4.69) is 11.4 Å². The zero-order chi connectivity index (χ0) is 26.1. The van der Waals surface area contributed by atoms with Crippen LogP contribution >= 0.6 is 23.4 Å². The molecule has 6 heteroatoms. The van der Waals surface area contributed by atoms with E-state index in [4.69, 9.17) is 11.6 Å². The number of nitrogens with zero attached hydrogens (tertiary/aromatic N) is 1. The Morgan fingerprint density at radius 3 is 2.25 bits per heavy atom. The highest BCUT2D eigenvalue weighted by Crippen LogP contribution is 2.23. The van der Waals surface area contributed by atoms with Crippen molar-refractivity contribution >= 4 is 35.2 Å². The molecular formula is C30H35ClN2O2S. The minimum Gasteiger partial charge on any atom is -0.350 e. The van der Waals surface area contributed by atoms with E-state index in [1.165, 1.54) is 0 Å². The van der Waals surface area contributed by atoms with Gasteiger partial charge in [-0.2, -0.15) is 0 Å². The fourth-order valence-corrected chi connectivity index (χ4v) is 4.91. The molecule has 0 aliphatic rings. The van der Waals surface area contributed by atoms with Crippen LogP contribution in [0.5, 0.6) is 0 Å². The third-order valence-corrected chi connectivity index (χ3v) is 6.87. The van der Waals surface area contributed by atoms with Gasteiger partial charge in [0.15, 0.2) is 0 Å². The first-order chi connectivity index (χ1) is 17.1. The average molecular weight is 523 g/mol. The molecule has 0 saturated carbocycles. The summed E-state index contributed by atoms with van der Waals surface area (Å²) in [6.45, 7) is 8.28. The molecule has 190 valence electrons. The van der Waals surface area contributed by atoms with E-state index in [9.17, 15) is 9.59 Å². The van der Waals surface area contributed by atoms with Crippen molar-refractivity contribution < 1.29 is 9.59 Å². The van der Waals surface area contributed by atoms with Crippen LogP contribution in [0.2, 0.25) is 5.02 Å². The minimum atomic E-state index is -0.625. The van der Waals surface area contributed by atoms with E-state index in [0.717, 1.165) is 21.6 Å². The Morgan fingerprint density at radius 1 is 0.944 bits per heavy atom. The monoisotopic (exact) mass is 522 g/mol. The molecule has 0 aliphatic carbocycles. The zero-order valence-electron chi connectivity index (χ0n) is 21.5. The highest BCUT2D eigenvalue weighted by molar-refractivity contribution is 7.99. The van der Waals surface area contributed by atoms with Gasteiger partial charge in [-0.25, -0.2) is 0 Å². The molecule has 0 spiro atoms. The van der Waals surface area contributed by atoms with Crippen LogP contribution in [0.3, 0.4) is 0 Å². The summed E-state index contributed by atoms with van der Waals surface area (Å²) >= 11 is 7.61. The molecular weight excluding hydrogens is 488 g/mol. The Hall–Kier alpha value is -2.76. The van der Waals surface area contributed by atoms with Crippen LogP contribution in [-0.4, -0.2) is 34.0 Å². The Bertz CT molecular complexity index is 1140. The van der Waals surface area contributed by atoms with Crippen LogP contribution < -0.4 is 5.32 Å². The predicted molar refractivity (Wildman–Crippen MR) is 150 cm³/mol. The second kappa shape index (κ2) is 13.0. The van der Waals surface area contributed by atoms with Crippen LogP contribution in [0.4, 0.5) is 0 Å². The van der Waals surface area contributed by atoms with Crippen molar-refractivity contribution in [3.8, 4) is 0 Å². The maximum atomic E-state index is 13.7. The molecule has 1 N–H and O–H groups in total. The van der Waals surface area contributed by atoms with E-state index in [1.54, 1.807) is 16.7 Å². The lowest BCUT2D eigenvalue weighted by Gasteiger charge is -2.34. The van der Waals surface area contributed by atoms with E-state index in [-0.39, 0.29) is 11.8 Å². The molecule has 0 radical (unpaired) electrons. The number of benzene rings is 3. The molecule has 0 saturated heterocycles. The second-order valence-corrected chi connectivity index (χ2v) is 11.6. The van der Waals surface area contributed by atoms with Gasteiger partial charge in [0.05, 0.1) is 0 Å². The van der Waals surface area contributed by atoms with Gasteiger partial charge < -0.3 is 10.2 Å². The summed E-state index contributed by atoms with van der Waals surface area (Å²) in [5.74, 6) is 0.435. The molecule has 0 fully saturated rings. The molecule has 36 heavy (non-hydrogen) atoms. The number of rotatable bonds is 10. The molecule has 0 aliphatic heterocycles. The number of halogens is 1. The Labute approximate surface area is 224 Å². The minimum absolute atomic E-state index is 0.0389. The number of hydrogen-bond donors (Lipinski definition) is 1. The first kappa shape index (κ1) is 27.8. The number of hydrogen-bond acceptors (Lipinski definition) is 3. The van der Waals surface area contributed by atoms with Gasteiger partial charge in [-0.1, -0.05) is 71.8 Å². The molecule has 1 atom stereocenters. The molecule has 0 aromatic heterocycles. The van der Waals surface area contributed by atoms with Gasteiger partial charge in [-0.05, 0) is 63.1 Å². The third-order valence-electron chi connectivity index (χ3n) is 5.60. The van der Waals surface area contributed by atoms with E-state index in [1.807, 2.05) is 100 Å². The summed E-state index contributed by atoms with van der Waals surface area (Å²) in [7, 11) is 0. The zero-order valence-corrected chi connectivity index (χ0v) is 23.0. The maximum Gasteiger partial charge on any atom is 0.243 e. The standard InChI is InChI=1S/C30H35ClN2O2S/c1-22-9-8-12-24(19-22)21-33(28(34)17-18-36-26-15-13-25(31)14-16-26)27(29(35)32-30(2,3)4)20-23-10-6-5-7-11-23/h5-16,19,27H,17-18,20-21H2,1-4H3,(H,32,35). The van der Waals surface area contributed by atoms with Crippen molar-refractivity contribution in [3.63, 3.8) is 0 Å². The Kier molecular flexibility index (Phi) is 10.0. The summed E-state index contributed by atoms with van der Waals surface area (Å²) < 4.78 is 0. The quantitative estimate of drug-likeness (QED) is 0.302. The lowest BCUT2D eigenvalue weighted by molar-refractivity contribution is -0.141. The lowest BCUT2D eigenvalue weighted by atomic mass is 10.00. The summed E-state index contributed by atoms with van der Waals surface area (Å²) in [5.41, 5.74) is 2.74. The normalized spacial score (nSPS) is 12.1. The molecule has 3 aromatic carbocycles. The molecule has 3 rings (SSSR count). The summed E-state index contributed by atoms with van der Waals surface area (Å²) in [6.07, 6.45) is 0.776. The second-order valence-electron chi connectivity index (χ2n) is 10.0. The first-order valence-electron chi connectivity index (χ1n) is 12.2. The van der Waals surface area contributed by atoms with Crippen molar-refractivity contribution in [3.05, 3.63) is 101 Å². The number of carbonyl (C=O) groups excluding carboxylic acids is 2. The smallest absolute Gasteiger partial charge is 0.243 e. The Balaban J connectivity index is 1.86. The average Bonchev–Trinajstić information content (AvgIpc) is 2.82. The van der Waals surface area contributed by atoms with Gasteiger partial charge in [-0.15, -0.1) is 11.8 Å². The van der Waals surface area contributed by atoms with Crippen molar-refractivity contribution in [2.24, 2.45) is 0 Å². The van der Waals surface area contributed by atoms with Crippen LogP contribution in [-0.2, 0) is 22.6 Å². The van der Waals surface area contributed by atoms with Gasteiger partial charge in [0, 0.05) is 40.6 Å². The number of nitrogens with one attached hydrogen (secondary N) is 1. The number of amides is 2. The van der Waals surface area contributed by atoms with Crippen LogP contribution in [0.25, 0.3) is 0 Å². The van der Waals surface area contributed by atoms with Gasteiger partial charge in [0.2, 0.25) is 11.8 Å². The topological polar surface area (TPSA) is 49.4 Å². The molecule has 4 nitrogen and oxygen atoms in total. The van der Waals surface area contributed by atoms with Gasteiger partial charge in [0.25, 0.3) is 0 Å². The summed E-state index contributed by atoms with van der Waals surface area (Å²) in [4.78, 5) is 30.1. The Morgan fingerprint density at radius 2 is 1.61 bits per heavy atom. The van der Waals surface area contributed by atoms with E-state index >= 15 is 0 Å². The van der Waals surface area contributed by atoms with Crippen molar-refractivity contribution in [2.45, 2.75) is 63.6 Å². The molecule has 0 heterocycles. The lowest BCUT2D eigenvalue weighted by Crippen LogP contribution is -2.54. The van der Waals surface area contributed by atoms with Crippen LogP contribution in [0.15, 0.2) is 83.8 Å². The maximum absolute atomic E-state index is 13.7. The van der Waals surface area contributed by atoms with Gasteiger partial charge >= 0.3 is 0 Å². The number of aryl methyl sites for hydroxylation is 1. The third kappa shape index (κ3) is 9.03. The molecule has 1 unspecified atom stereocenters. The number of thioether (sulfide) groups is 1. The summed E-state index contributed by atoms with van der Waals surface area (Å²) in [5, 5.41) is 3.80. The molecule has 2 amide bonds. The largest absolute Gasteiger partial charge is 0.350 e. The fourth-order valence-electron chi connectivity index (χ4n) is 3.94. The fraction of sp³-hybridized carbons (Fsp3) is 0.333. The van der Waals surface area contributed by atoms with Crippen molar-refractivity contribution in [2.75, 3.05) is 5.75 Å². The number of carbonyl (C=O) groups is 2. The van der Waals surface area contributed by atoms with E-state index in [0.29, 0.717) is 30.2 Å². The SMILES string of the molecule is Cc1cccc(CN(C(=O)CCSc2ccc(Cl)cc2)C(Cc2ccccc2)C(=O)NC(C)(C)C)c1. The first-order valence-corrected chi connectivity index (χ1v) is 13.6. The van der Waals surface area contributed by atoms with Gasteiger partial charge in [0.1, 0.15) is 6.04 Å². The summed E-state index contributed by atoms with van der Waals surface area (Å²) in [6, 6.07) is 25.0. The molecule has 0 bridgehead atoms. The van der Waals surface area contributed by atoms with Crippen LogP contribution in [0, 0.1) is 6.92 Å². The van der Waals surface area contributed by atoms with Crippen molar-refractivity contribution in [1.82, 2.24) is 10.2 Å². The predicted octanol–water partition coefficient (Wildman–Crippen LogP) is 6.69.